The zero-order chi connectivity index (χ0) is 12.7. The Hall–Kier alpha value is -1.30. The molecular weight excluding hydrogens is 212 g/mol. The molecule has 0 saturated carbocycles. The van der Waals surface area contributed by atoms with Crippen molar-refractivity contribution in [3.63, 3.8) is 0 Å². The molecule has 94 valence electrons. The van der Waals surface area contributed by atoms with E-state index < -0.39 is 5.97 Å². The summed E-state index contributed by atoms with van der Waals surface area (Å²) in [5.74, 6) is -0.836. The Morgan fingerprint density at radius 1 is 1.31 bits per heavy atom. The van der Waals surface area contributed by atoms with Gasteiger partial charge in [-0.05, 0) is 5.92 Å². The first kappa shape index (κ1) is 14.7. The number of hydrogen-bond acceptors (Lipinski definition) is 3. The number of urea groups is 1. The van der Waals surface area contributed by atoms with Crippen molar-refractivity contribution in [1.82, 2.24) is 9.80 Å². The third-order valence-corrected chi connectivity index (χ3v) is 1.94. The highest BCUT2D eigenvalue weighted by Crippen LogP contribution is 2.02. The molecule has 6 heteroatoms. The number of carboxylic acids is 1. The Morgan fingerprint density at radius 3 is 2.25 bits per heavy atom. The van der Waals surface area contributed by atoms with Gasteiger partial charge in [0, 0.05) is 20.1 Å². The van der Waals surface area contributed by atoms with Gasteiger partial charge in [-0.2, -0.15) is 0 Å². The molecule has 0 aliphatic rings. The molecule has 0 radical (unpaired) electrons. The van der Waals surface area contributed by atoms with Gasteiger partial charge in [-0.1, -0.05) is 13.8 Å². The fourth-order valence-corrected chi connectivity index (χ4v) is 1.30. The highest BCUT2D eigenvalue weighted by molar-refractivity contribution is 5.80. The molecule has 2 N–H and O–H groups in total. The zero-order valence-corrected chi connectivity index (χ0v) is 10.0. The SMILES string of the molecule is CC(C)CN(CC(=O)O)C(=O)N(C)CCO. The van der Waals surface area contributed by atoms with Crippen LogP contribution in [0.5, 0.6) is 0 Å². The number of likely N-dealkylation sites (N-methyl/N-ethyl adjacent to an activating group) is 1. The molecule has 0 rings (SSSR count). The van der Waals surface area contributed by atoms with Crippen molar-refractivity contribution in [2.45, 2.75) is 13.8 Å². The molecule has 0 unspecified atom stereocenters. The van der Waals surface area contributed by atoms with Crippen LogP contribution in [0, 0.1) is 5.92 Å². The first-order valence-electron chi connectivity index (χ1n) is 5.21. The summed E-state index contributed by atoms with van der Waals surface area (Å²) >= 11 is 0. The van der Waals surface area contributed by atoms with Crippen molar-refractivity contribution in [1.29, 1.82) is 0 Å². The van der Waals surface area contributed by atoms with Crippen LogP contribution in [0.4, 0.5) is 4.79 Å². The number of aliphatic hydroxyl groups is 1. The second-order valence-electron chi connectivity index (χ2n) is 4.10. The molecule has 0 aromatic carbocycles. The number of hydrogen-bond donors (Lipinski definition) is 2. The minimum Gasteiger partial charge on any atom is -0.480 e. The van der Waals surface area contributed by atoms with Gasteiger partial charge in [0.15, 0.2) is 0 Å². The molecule has 0 aromatic heterocycles. The molecule has 0 fully saturated rings. The van der Waals surface area contributed by atoms with Crippen LogP contribution in [0.15, 0.2) is 0 Å². The Morgan fingerprint density at radius 2 is 1.88 bits per heavy atom. The van der Waals surface area contributed by atoms with E-state index in [-0.39, 0.29) is 31.6 Å². The van der Waals surface area contributed by atoms with E-state index in [1.54, 1.807) is 0 Å². The van der Waals surface area contributed by atoms with Crippen LogP contribution in [-0.2, 0) is 4.79 Å². The quantitative estimate of drug-likeness (QED) is 0.679. The molecule has 0 aliphatic heterocycles. The van der Waals surface area contributed by atoms with E-state index in [1.807, 2.05) is 13.8 Å². The predicted molar refractivity (Wildman–Crippen MR) is 59.2 cm³/mol. The number of aliphatic carboxylic acids is 1. The molecule has 0 bridgehead atoms. The number of carbonyl (C=O) groups excluding carboxylic acids is 1. The summed E-state index contributed by atoms with van der Waals surface area (Å²) in [4.78, 5) is 25.0. The van der Waals surface area contributed by atoms with E-state index in [4.69, 9.17) is 10.2 Å². The summed E-state index contributed by atoms with van der Waals surface area (Å²) in [6, 6.07) is -0.370. The molecule has 16 heavy (non-hydrogen) atoms. The van der Waals surface area contributed by atoms with Gasteiger partial charge in [0.1, 0.15) is 6.54 Å². The normalized spacial score (nSPS) is 10.3. The van der Waals surface area contributed by atoms with Crippen LogP contribution in [0.25, 0.3) is 0 Å². The van der Waals surface area contributed by atoms with Crippen LogP contribution in [0.3, 0.4) is 0 Å². The fourth-order valence-electron chi connectivity index (χ4n) is 1.30. The van der Waals surface area contributed by atoms with E-state index in [9.17, 15) is 9.59 Å². The van der Waals surface area contributed by atoms with Gasteiger partial charge in [-0.3, -0.25) is 4.79 Å². The van der Waals surface area contributed by atoms with E-state index in [1.165, 1.54) is 16.8 Å². The highest BCUT2D eigenvalue weighted by Gasteiger charge is 2.20. The number of amides is 2. The van der Waals surface area contributed by atoms with Crippen LogP contribution < -0.4 is 0 Å². The Labute approximate surface area is 95.5 Å². The van der Waals surface area contributed by atoms with E-state index >= 15 is 0 Å². The van der Waals surface area contributed by atoms with Crippen molar-refractivity contribution < 1.29 is 19.8 Å². The first-order valence-corrected chi connectivity index (χ1v) is 5.21. The average molecular weight is 232 g/mol. The van der Waals surface area contributed by atoms with Gasteiger partial charge in [-0.25, -0.2) is 4.79 Å². The number of nitrogens with zero attached hydrogens (tertiary/aromatic N) is 2. The standard InChI is InChI=1S/C10H20N2O4/c1-8(2)6-12(7-9(14)15)10(16)11(3)4-5-13/h8,13H,4-7H2,1-3H3,(H,14,15). The van der Waals surface area contributed by atoms with Crippen molar-refractivity contribution >= 4 is 12.0 Å². The highest BCUT2D eigenvalue weighted by atomic mass is 16.4. The summed E-state index contributed by atoms with van der Waals surface area (Å²) in [5.41, 5.74) is 0. The second kappa shape index (κ2) is 7.05. The minimum absolute atomic E-state index is 0.134. The smallest absolute Gasteiger partial charge is 0.323 e. The molecular formula is C10H20N2O4. The van der Waals surface area contributed by atoms with Crippen LogP contribution in [0.2, 0.25) is 0 Å². The van der Waals surface area contributed by atoms with Gasteiger partial charge in [0.05, 0.1) is 6.61 Å². The number of aliphatic hydroxyl groups excluding tert-OH is 1. The first-order chi connectivity index (χ1) is 7.38. The van der Waals surface area contributed by atoms with Crippen LogP contribution >= 0.6 is 0 Å². The lowest BCUT2D eigenvalue weighted by Crippen LogP contribution is -2.46. The number of carbonyl (C=O) groups is 2. The van der Waals surface area contributed by atoms with Crippen molar-refractivity contribution in [2.75, 3.05) is 33.3 Å². The topological polar surface area (TPSA) is 81.1 Å². The number of carboxylic acid groups (broad SMARTS) is 1. The molecule has 2 amide bonds. The summed E-state index contributed by atoms with van der Waals surface area (Å²) < 4.78 is 0. The monoisotopic (exact) mass is 232 g/mol. The molecule has 0 spiro atoms. The van der Waals surface area contributed by atoms with E-state index in [2.05, 4.69) is 0 Å². The third-order valence-electron chi connectivity index (χ3n) is 1.94. The third kappa shape index (κ3) is 5.55. The van der Waals surface area contributed by atoms with Gasteiger partial charge in [0.2, 0.25) is 0 Å². The van der Waals surface area contributed by atoms with Gasteiger partial charge < -0.3 is 20.0 Å². The molecule has 0 heterocycles. The zero-order valence-electron chi connectivity index (χ0n) is 10.0. The second-order valence-corrected chi connectivity index (χ2v) is 4.10. The summed E-state index contributed by atoms with van der Waals surface area (Å²) in [6.07, 6.45) is 0. The van der Waals surface area contributed by atoms with E-state index in [0.29, 0.717) is 6.54 Å². The lowest BCUT2D eigenvalue weighted by Gasteiger charge is -2.27. The van der Waals surface area contributed by atoms with Crippen LogP contribution in [0.1, 0.15) is 13.8 Å². The maximum Gasteiger partial charge on any atom is 0.323 e. The maximum atomic E-state index is 11.8. The Kier molecular flexibility index (Phi) is 6.48. The van der Waals surface area contributed by atoms with Gasteiger partial charge >= 0.3 is 12.0 Å². The summed E-state index contributed by atoms with van der Waals surface area (Å²) in [7, 11) is 1.54. The molecule has 0 aromatic rings. The summed E-state index contributed by atoms with van der Waals surface area (Å²) in [6.45, 7) is 3.97. The fraction of sp³-hybridized carbons (Fsp3) is 0.800. The van der Waals surface area contributed by atoms with Crippen molar-refractivity contribution in [3.05, 3.63) is 0 Å². The van der Waals surface area contributed by atoms with Gasteiger partial charge in [-0.15, -0.1) is 0 Å². The maximum absolute atomic E-state index is 11.8. The van der Waals surface area contributed by atoms with Crippen LogP contribution in [-0.4, -0.2) is 65.3 Å². The predicted octanol–water partition coefficient (Wildman–Crippen LogP) is 0.0731. The lowest BCUT2D eigenvalue weighted by atomic mass is 10.2. The minimum atomic E-state index is -1.04. The van der Waals surface area contributed by atoms with Gasteiger partial charge in [0.25, 0.3) is 0 Å². The molecule has 0 aliphatic carbocycles. The van der Waals surface area contributed by atoms with Crippen molar-refractivity contribution in [3.8, 4) is 0 Å². The lowest BCUT2D eigenvalue weighted by molar-refractivity contribution is -0.137. The molecule has 6 nitrogen and oxygen atoms in total. The Bertz CT molecular complexity index is 243. The number of rotatable bonds is 6. The molecule has 0 saturated heterocycles. The largest absolute Gasteiger partial charge is 0.480 e. The summed E-state index contributed by atoms with van der Waals surface area (Å²) in [5, 5.41) is 17.4. The van der Waals surface area contributed by atoms with E-state index in [0.717, 1.165) is 0 Å². The Balaban J connectivity index is 4.48. The average Bonchev–Trinajstić information content (AvgIpc) is 2.14. The van der Waals surface area contributed by atoms with Crippen molar-refractivity contribution in [2.24, 2.45) is 5.92 Å². The molecule has 0 atom stereocenters.